The van der Waals surface area contributed by atoms with Crippen LogP contribution in [-0.4, -0.2) is 35.1 Å². The summed E-state index contributed by atoms with van der Waals surface area (Å²) >= 11 is 0. The minimum Gasteiger partial charge on any atom is -0.478 e. The molecule has 1 aliphatic carbocycles. The zero-order valence-corrected chi connectivity index (χ0v) is 10.5. The first-order valence-electron chi connectivity index (χ1n) is 6.27. The summed E-state index contributed by atoms with van der Waals surface area (Å²) in [5, 5.41) is 5.93. The van der Waals surface area contributed by atoms with Crippen molar-refractivity contribution >= 4 is 11.9 Å². The lowest BCUT2D eigenvalue weighted by molar-refractivity contribution is -0.120. The van der Waals surface area contributed by atoms with Crippen LogP contribution in [-0.2, 0) is 4.79 Å². The van der Waals surface area contributed by atoms with Crippen LogP contribution < -0.4 is 15.4 Å². The molecule has 2 N–H and O–H groups in total. The molecule has 1 aromatic heterocycles. The third-order valence-electron chi connectivity index (χ3n) is 2.50. The fourth-order valence-electron chi connectivity index (χ4n) is 1.47. The lowest BCUT2D eigenvalue weighted by Gasteiger charge is -2.06. The molecule has 1 fully saturated rings. The van der Waals surface area contributed by atoms with Gasteiger partial charge in [-0.05, 0) is 19.8 Å². The van der Waals surface area contributed by atoms with Crippen molar-refractivity contribution < 1.29 is 9.53 Å². The van der Waals surface area contributed by atoms with E-state index in [4.69, 9.17) is 4.74 Å². The molecule has 18 heavy (non-hydrogen) atoms. The van der Waals surface area contributed by atoms with Gasteiger partial charge in [-0.25, -0.2) is 4.98 Å². The minimum atomic E-state index is 0.0750. The van der Waals surface area contributed by atoms with Gasteiger partial charge in [-0.3, -0.25) is 4.79 Å². The van der Waals surface area contributed by atoms with Crippen molar-refractivity contribution in [3.63, 3.8) is 0 Å². The number of ether oxygens (including phenoxy) is 1. The SMILES string of the molecule is CCOc1ccnc(NCCC(=O)NC2CC2)n1. The molecule has 6 nitrogen and oxygen atoms in total. The summed E-state index contributed by atoms with van der Waals surface area (Å²) in [4.78, 5) is 19.7. The lowest BCUT2D eigenvalue weighted by atomic mass is 10.4. The molecule has 1 aromatic rings. The van der Waals surface area contributed by atoms with Crippen LogP contribution in [0.25, 0.3) is 0 Å². The molecule has 0 atom stereocenters. The van der Waals surface area contributed by atoms with Gasteiger partial charge in [-0.2, -0.15) is 4.98 Å². The van der Waals surface area contributed by atoms with Gasteiger partial charge in [0.25, 0.3) is 0 Å². The molecule has 0 bridgehead atoms. The molecule has 0 unspecified atom stereocenters. The molecule has 0 aliphatic heterocycles. The fraction of sp³-hybridized carbons (Fsp3) is 0.583. The molecule has 0 radical (unpaired) electrons. The summed E-state index contributed by atoms with van der Waals surface area (Å²) in [5.41, 5.74) is 0. The monoisotopic (exact) mass is 250 g/mol. The van der Waals surface area contributed by atoms with Crippen LogP contribution in [0.1, 0.15) is 26.2 Å². The molecule has 1 heterocycles. The summed E-state index contributed by atoms with van der Waals surface area (Å²) in [6, 6.07) is 2.11. The maximum atomic E-state index is 11.4. The Morgan fingerprint density at radius 3 is 3.11 bits per heavy atom. The molecular weight excluding hydrogens is 232 g/mol. The van der Waals surface area contributed by atoms with E-state index < -0.39 is 0 Å². The first kappa shape index (κ1) is 12.6. The number of hydrogen-bond donors (Lipinski definition) is 2. The van der Waals surface area contributed by atoms with Gasteiger partial charge < -0.3 is 15.4 Å². The normalized spacial score (nSPS) is 14.1. The maximum Gasteiger partial charge on any atom is 0.225 e. The zero-order valence-electron chi connectivity index (χ0n) is 10.5. The van der Waals surface area contributed by atoms with Gasteiger partial charge in [0.1, 0.15) is 0 Å². The van der Waals surface area contributed by atoms with E-state index in [0.29, 0.717) is 37.4 Å². The van der Waals surface area contributed by atoms with E-state index in [1.165, 1.54) is 0 Å². The lowest BCUT2D eigenvalue weighted by Crippen LogP contribution is -2.27. The Morgan fingerprint density at radius 1 is 1.56 bits per heavy atom. The highest BCUT2D eigenvalue weighted by Gasteiger charge is 2.22. The molecule has 6 heteroatoms. The van der Waals surface area contributed by atoms with Crippen LogP contribution in [0.15, 0.2) is 12.3 Å². The summed E-state index contributed by atoms with van der Waals surface area (Å²) in [6.07, 6.45) is 4.28. The average molecular weight is 250 g/mol. The van der Waals surface area contributed by atoms with E-state index in [1.807, 2.05) is 6.92 Å². The summed E-state index contributed by atoms with van der Waals surface area (Å²) < 4.78 is 5.26. The van der Waals surface area contributed by atoms with E-state index in [9.17, 15) is 4.79 Å². The highest BCUT2D eigenvalue weighted by atomic mass is 16.5. The van der Waals surface area contributed by atoms with Crippen molar-refractivity contribution in [1.82, 2.24) is 15.3 Å². The van der Waals surface area contributed by atoms with Crippen molar-refractivity contribution in [1.29, 1.82) is 0 Å². The van der Waals surface area contributed by atoms with Gasteiger partial charge in [0.15, 0.2) is 0 Å². The molecule has 1 amide bonds. The topological polar surface area (TPSA) is 76.1 Å². The second-order valence-corrected chi connectivity index (χ2v) is 4.17. The molecular formula is C12H18N4O2. The van der Waals surface area contributed by atoms with Gasteiger partial charge in [0.05, 0.1) is 6.61 Å². The molecule has 0 aromatic carbocycles. The smallest absolute Gasteiger partial charge is 0.225 e. The van der Waals surface area contributed by atoms with Crippen LogP contribution in [0.4, 0.5) is 5.95 Å². The average Bonchev–Trinajstić information content (AvgIpc) is 3.14. The van der Waals surface area contributed by atoms with Crippen LogP contribution in [0.5, 0.6) is 5.88 Å². The predicted molar refractivity (Wildman–Crippen MR) is 67.5 cm³/mol. The molecule has 1 aliphatic rings. The number of nitrogens with one attached hydrogen (secondary N) is 2. The number of nitrogens with zero attached hydrogens (tertiary/aromatic N) is 2. The Labute approximate surface area is 106 Å². The maximum absolute atomic E-state index is 11.4. The largest absolute Gasteiger partial charge is 0.478 e. The predicted octanol–water partition coefficient (Wildman–Crippen LogP) is 0.956. The Balaban J connectivity index is 1.71. The van der Waals surface area contributed by atoms with E-state index in [-0.39, 0.29) is 5.91 Å². The highest BCUT2D eigenvalue weighted by molar-refractivity contribution is 5.77. The zero-order chi connectivity index (χ0) is 12.8. The molecule has 0 saturated heterocycles. The Kier molecular flexibility index (Phi) is 4.33. The van der Waals surface area contributed by atoms with E-state index in [0.717, 1.165) is 12.8 Å². The summed E-state index contributed by atoms with van der Waals surface area (Å²) in [7, 11) is 0. The Hall–Kier alpha value is -1.85. The number of carbonyl (C=O) groups excluding carboxylic acids is 1. The van der Waals surface area contributed by atoms with Crippen molar-refractivity contribution in [2.75, 3.05) is 18.5 Å². The van der Waals surface area contributed by atoms with Gasteiger partial charge >= 0.3 is 0 Å². The third kappa shape index (κ3) is 4.20. The van der Waals surface area contributed by atoms with E-state index in [1.54, 1.807) is 12.3 Å². The van der Waals surface area contributed by atoms with Crippen molar-refractivity contribution in [3.05, 3.63) is 12.3 Å². The fourth-order valence-corrected chi connectivity index (χ4v) is 1.47. The van der Waals surface area contributed by atoms with Crippen LogP contribution in [0.2, 0.25) is 0 Å². The number of anilines is 1. The van der Waals surface area contributed by atoms with E-state index >= 15 is 0 Å². The van der Waals surface area contributed by atoms with Gasteiger partial charge in [-0.15, -0.1) is 0 Å². The second kappa shape index (κ2) is 6.18. The third-order valence-corrected chi connectivity index (χ3v) is 2.50. The van der Waals surface area contributed by atoms with Crippen LogP contribution in [0.3, 0.4) is 0 Å². The van der Waals surface area contributed by atoms with Crippen LogP contribution >= 0.6 is 0 Å². The van der Waals surface area contributed by atoms with Gasteiger partial charge in [0.2, 0.25) is 17.7 Å². The van der Waals surface area contributed by atoms with Crippen LogP contribution in [0, 0.1) is 0 Å². The number of aromatic nitrogens is 2. The standard InChI is InChI=1S/C12H18N4O2/c1-2-18-11-6-8-14-12(16-11)13-7-5-10(17)15-9-3-4-9/h6,8-9H,2-5,7H2,1H3,(H,15,17)(H,13,14,16). The van der Waals surface area contributed by atoms with Gasteiger partial charge in [0, 0.05) is 31.3 Å². The van der Waals surface area contributed by atoms with Gasteiger partial charge in [-0.1, -0.05) is 0 Å². The number of rotatable bonds is 7. The highest BCUT2D eigenvalue weighted by Crippen LogP contribution is 2.18. The Morgan fingerprint density at radius 2 is 2.39 bits per heavy atom. The molecule has 98 valence electrons. The number of carbonyl (C=O) groups is 1. The molecule has 0 spiro atoms. The molecule has 2 rings (SSSR count). The van der Waals surface area contributed by atoms with Crippen molar-refractivity contribution in [2.24, 2.45) is 0 Å². The van der Waals surface area contributed by atoms with E-state index in [2.05, 4.69) is 20.6 Å². The Bertz CT molecular complexity index is 407. The first-order chi connectivity index (χ1) is 8.78. The summed E-state index contributed by atoms with van der Waals surface area (Å²) in [6.45, 7) is 2.99. The molecule has 1 saturated carbocycles. The van der Waals surface area contributed by atoms with Crippen molar-refractivity contribution in [2.45, 2.75) is 32.2 Å². The van der Waals surface area contributed by atoms with Crippen molar-refractivity contribution in [3.8, 4) is 5.88 Å². The summed E-state index contributed by atoms with van der Waals surface area (Å²) in [5.74, 6) is 1.10. The first-order valence-corrected chi connectivity index (χ1v) is 6.27. The second-order valence-electron chi connectivity index (χ2n) is 4.17. The number of hydrogen-bond acceptors (Lipinski definition) is 5. The number of amides is 1. The quantitative estimate of drug-likeness (QED) is 0.753. The minimum absolute atomic E-state index is 0.0750.